The average Bonchev–Trinajstić information content (AvgIpc) is 2.02. The van der Waals surface area contributed by atoms with Crippen LogP contribution in [0.1, 0.15) is 32.1 Å². The maximum absolute atomic E-state index is 10.9. The minimum Gasteiger partial charge on any atom is -0.351 e. The third-order valence-corrected chi connectivity index (χ3v) is 1.57. The Hall–Kier alpha value is -1.32. The van der Waals surface area contributed by atoms with Gasteiger partial charge in [-0.05, 0) is 19.3 Å². The van der Waals surface area contributed by atoms with E-state index in [0.717, 1.165) is 25.7 Å². The molecule has 0 atom stereocenters. The summed E-state index contributed by atoms with van der Waals surface area (Å²) in [6, 6.07) is -0.781. The highest BCUT2D eigenvalue weighted by Gasteiger charge is 2.02. The van der Waals surface area contributed by atoms with Gasteiger partial charge in [-0.3, -0.25) is 10.1 Å². The lowest BCUT2D eigenvalue weighted by Crippen LogP contribution is -2.34. The van der Waals surface area contributed by atoms with E-state index in [1.54, 1.807) is 0 Å². The maximum atomic E-state index is 10.9. The molecule has 0 heterocycles. The lowest BCUT2D eigenvalue weighted by molar-refractivity contribution is -0.120. The van der Waals surface area contributed by atoms with E-state index in [0.29, 0.717) is 6.42 Å². The molecule has 0 aromatic rings. The van der Waals surface area contributed by atoms with Crippen molar-refractivity contribution in [1.29, 1.82) is 0 Å². The molecule has 3 N–H and O–H groups in total. The second-order valence-corrected chi connectivity index (χ2v) is 2.80. The minimum atomic E-state index is -0.781. The molecule has 4 nitrogen and oxygen atoms in total. The van der Waals surface area contributed by atoms with Crippen LogP contribution in [-0.4, -0.2) is 11.9 Å². The number of allylic oxidation sites excluding steroid dienone is 1. The molecule has 0 aromatic heterocycles. The first kappa shape index (κ1) is 11.7. The van der Waals surface area contributed by atoms with E-state index in [4.69, 9.17) is 5.73 Å². The SMILES string of the molecule is C=CCCCCCC(=O)NC(N)=O. The van der Waals surface area contributed by atoms with Gasteiger partial charge in [-0.1, -0.05) is 12.5 Å². The molecule has 0 aliphatic carbocycles. The molecule has 13 heavy (non-hydrogen) atoms. The first-order valence-electron chi connectivity index (χ1n) is 4.37. The second kappa shape index (κ2) is 7.34. The van der Waals surface area contributed by atoms with Crippen molar-refractivity contribution in [2.75, 3.05) is 0 Å². The van der Waals surface area contributed by atoms with Gasteiger partial charge in [0.25, 0.3) is 0 Å². The van der Waals surface area contributed by atoms with Gasteiger partial charge in [-0.25, -0.2) is 4.79 Å². The van der Waals surface area contributed by atoms with Gasteiger partial charge >= 0.3 is 6.03 Å². The monoisotopic (exact) mass is 184 g/mol. The molecule has 0 saturated heterocycles. The maximum Gasteiger partial charge on any atom is 0.318 e. The van der Waals surface area contributed by atoms with E-state index in [1.807, 2.05) is 11.4 Å². The smallest absolute Gasteiger partial charge is 0.318 e. The first-order chi connectivity index (χ1) is 6.16. The molecule has 0 bridgehead atoms. The highest BCUT2D eigenvalue weighted by Crippen LogP contribution is 2.02. The van der Waals surface area contributed by atoms with Crippen LogP contribution < -0.4 is 11.1 Å². The Morgan fingerprint density at radius 2 is 2.00 bits per heavy atom. The number of carbonyl (C=O) groups excluding carboxylic acids is 2. The summed E-state index contributed by atoms with van der Waals surface area (Å²) in [5.74, 6) is -0.300. The lowest BCUT2D eigenvalue weighted by atomic mass is 10.1. The van der Waals surface area contributed by atoms with E-state index >= 15 is 0 Å². The van der Waals surface area contributed by atoms with Gasteiger partial charge in [0.1, 0.15) is 0 Å². The topological polar surface area (TPSA) is 72.2 Å². The van der Waals surface area contributed by atoms with E-state index in [2.05, 4.69) is 6.58 Å². The summed E-state index contributed by atoms with van der Waals surface area (Å²) in [5, 5.41) is 2.01. The Labute approximate surface area is 78.2 Å². The molecular formula is C9H16N2O2. The largest absolute Gasteiger partial charge is 0.351 e. The van der Waals surface area contributed by atoms with Gasteiger partial charge < -0.3 is 5.73 Å². The predicted octanol–water partition coefficient (Wildman–Crippen LogP) is 1.32. The average molecular weight is 184 g/mol. The van der Waals surface area contributed by atoms with Crippen molar-refractivity contribution in [3.63, 3.8) is 0 Å². The summed E-state index contributed by atoms with van der Waals surface area (Å²) < 4.78 is 0. The van der Waals surface area contributed by atoms with E-state index in [-0.39, 0.29) is 5.91 Å². The van der Waals surface area contributed by atoms with Gasteiger partial charge in [-0.15, -0.1) is 6.58 Å². The summed E-state index contributed by atoms with van der Waals surface area (Å²) >= 11 is 0. The summed E-state index contributed by atoms with van der Waals surface area (Å²) in [4.78, 5) is 21.1. The fraction of sp³-hybridized carbons (Fsp3) is 0.556. The van der Waals surface area contributed by atoms with Crippen LogP contribution in [0.25, 0.3) is 0 Å². The molecule has 0 radical (unpaired) electrons. The normalized spacial score (nSPS) is 9.23. The number of nitrogens with two attached hydrogens (primary N) is 1. The zero-order valence-electron chi connectivity index (χ0n) is 7.71. The second-order valence-electron chi connectivity index (χ2n) is 2.80. The van der Waals surface area contributed by atoms with Crippen LogP contribution in [0.3, 0.4) is 0 Å². The highest BCUT2D eigenvalue weighted by atomic mass is 16.2. The van der Waals surface area contributed by atoms with Crippen molar-refractivity contribution in [2.24, 2.45) is 5.73 Å². The summed E-state index contributed by atoms with van der Waals surface area (Å²) in [7, 11) is 0. The van der Waals surface area contributed by atoms with Crippen LogP contribution in [0.2, 0.25) is 0 Å². The molecule has 0 unspecified atom stereocenters. The number of hydrogen-bond acceptors (Lipinski definition) is 2. The van der Waals surface area contributed by atoms with Crippen molar-refractivity contribution in [3.05, 3.63) is 12.7 Å². The van der Waals surface area contributed by atoms with Crippen molar-refractivity contribution < 1.29 is 9.59 Å². The van der Waals surface area contributed by atoms with Gasteiger partial charge in [0.2, 0.25) is 5.91 Å². The number of nitrogens with one attached hydrogen (secondary N) is 1. The van der Waals surface area contributed by atoms with Gasteiger partial charge in [-0.2, -0.15) is 0 Å². The molecule has 4 heteroatoms. The van der Waals surface area contributed by atoms with Gasteiger partial charge in [0, 0.05) is 6.42 Å². The number of carbonyl (C=O) groups is 2. The quantitative estimate of drug-likeness (QED) is 0.482. The minimum absolute atomic E-state index is 0.300. The fourth-order valence-corrected chi connectivity index (χ4v) is 0.951. The summed E-state index contributed by atoms with van der Waals surface area (Å²) in [6.45, 7) is 3.59. The summed E-state index contributed by atoms with van der Waals surface area (Å²) in [5.41, 5.74) is 4.76. The van der Waals surface area contributed by atoms with Gasteiger partial charge in [0.15, 0.2) is 0 Å². The number of imide groups is 1. The number of primary amides is 1. The van der Waals surface area contributed by atoms with Crippen molar-refractivity contribution >= 4 is 11.9 Å². The summed E-state index contributed by atoms with van der Waals surface area (Å²) in [6.07, 6.45) is 5.97. The van der Waals surface area contributed by atoms with Crippen molar-refractivity contribution in [3.8, 4) is 0 Å². The van der Waals surface area contributed by atoms with Crippen LogP contribution in [0.4, 0.5) is 4.79 Å². The van der Waals surface area contributed by atoms with Crippen LogP contribution in [0.15, 0.2) is 12.7 Å². The number of amides is 3. The Balaban J connectivity index is 3.26. The van der Waals surface area contributed by atoms with Crippen molar-refractivity contribution in [2.45, 2.75) is 32.1 Å². The van der Waals surface area contributed by atoms with E-state index < -0.39 is 6.03 Å². The van der Waals surface area contributed by atoms with Crippen LogP contribution in [0.5, 0.6) is 0 Å². The molecular weight excluding hydrogens is 168 g/mol. The standard InChI is InChI=1S/C9H16N2O2/c1-2-3-4-5-6-7-8(12)11-9(10)13/h2H,1,3-7H2,(H3,10,11,12,13). The molecule has 0 aliphatic rings. The number of urea groups is 1. The first-order valence-corrected chi connectivity index (χ1v) is 4.37. The molecule has 0 fully saturated rings. The zero-order valence-corrected chi connectivity index (χ0v) is 7.71. The van der Waals surface area contributed by atoms with E-state index in [9.17, 15) is 9.59 Å². The predicted molar refractivity (Wildman–Crippen MR) is 51.0 cm³/mol. The Kier molecular flexibility index (Phi) is 6.59. The molecule has 3 amide bonds. The van der Waals surface area contributed by atoms with Gasteiger partial charge in [0.05, 0.1) is 0 Å². The lowest BCUT2D eigenvalue weighted by Gasteiger charge is -1.99. The Bertz CT molecular complexity index is 190. The number of hydrogen-bond donors (Lipinski definition) is 2. The van der Waals surface area contributed by atoms with Crippen LogP contribution in [-0.2, 0) is 4.79 Å². The van der Waals surface area contributed by atoms with Crippen LogP contribution in [0, 0.1) is 0 Å². The molecule has 0 aliphatic heterocycles. The third-order valence-electron chi connectivity index (χ3n) is 1.57. The van der Waals surface area contributed by atoms with E-state index in [1.165, 1.54) is 0 Å². The molecule has 0 rings (SSSR count). The Morgan fingerprint density at radius 3 is 2.54 bits per heavy atom. The zero-order chi connectivity index (χ0) is 10.1. The third kappa shape index (κ3) is 8.59. The fourth-order valence-electron chi connectivity index (χ4n) is 0.951. The number of rotatable bonds is 6. The van der Waals surface area contributed by atoms with Crippen molar-refractivity contribution in [1.82, 2.24) is 5.32 Å². The number of unbranched alkanes of at least 4 members (excludes halogenated alkanes) is 3. The van der Waals surface area contributed by atoms with Crippen LogP contribution >= 0.6 is 0 Å². The molecule has 0 saturated carbocycles. The molecule has 0 aromatic carbocycles. The molecule has 74 valence electrons. The Morgan fingerprint density at radius 1 is 1.31 bits per heavy atom. The molecule has 0 spiro atoms. The highest BCUT2D eigenvalue weighted by molar-refractivity contribution is 5.93.